The van der Waals surface area contributed by atoms with E-state index < -0.39 is 0 Å². The third-order valence-electron chi connectivity index (χ3n) is 5.85. The van der Waals surface area contributed by atoms with Gasteiger partial charge >= 0.3 is 0 Å². The topological polar surface area (TPSA) is 54.0 Å². The van der Waals surface area contributed by atoms with Crippen molar-refractivity contribution in [3.8, 4) is 11.5 Å². The zero-order valence-electron chi connectivity index (χ0n) is 18.3. The van der Waals surface area contributed by atoms with Gasteiger partial charge in [-0.1, -0.05) is 42.5 Å². The molecule has 2 aliphatic rings. The Hall–Kier alpha value is -2.83. The average molecular weight is 422 g/mol. The number of carbonyl (C=O) groups is 1. The Kier molecular flexibility index (Phi) is 6.89. The van der Waals surface area contributed by atoms with E-state index in [9.17, 15) is 4.79 Å². The molecule has 31 heavy (non-hydrogen) atoms. The van der Waals surface area contributed by atoms with Gasteiger partial charge in [0, 0.05) is 38.3 Å². The summed E-state index contributed by atoms with van der Waals surface area (Å²) in [7, 11) is 2.15. The molecule has 0 saturated carbocycles. The van der Waals surface area contributed by atoms with Crippen LogP contribution in [0.4, 0.5) is 0 Å². The van der Waals surface area contributed by atoms with Gasteiger partial charge in [-0.25, -0.2) is 0 Å². The number of amides is 1. The lowest BCUT2D eigenvalue weighted by Gasteiger charge is -2.35. The van der Waals surface area contributed by atoms with Crippen LogP contribution in [0.3, 0.4) is 0 Å². The van der Waals surface area contributed by atoms with E-state index in [0.717, 1.165) is 43.9 Å². The predicted molar refractivity (Wildman–Crippen MR) is 122 cm³/mol. The molecule has 1 fully saturated rings. The van der Waals surface area contributed by atoms with Crippen molar-refractivity contribution in [3.05, 3.63) is 65.2 Å². The number of hydrogen-bond acceptors (Lipinski definition) is 5. The second-order valence-electron chi connectivity index (χ2n) is 8.11. The van der Waals surface area contributed by atoms with E-state index in [1.165, 1.54) is 0 Å². The fourth-order valence-corrected chi connectivity index (χ4v) is 4.04. The summed E-state index contributed by atoms with van der Waals surface area (Å²) in [5.74, 6) is 1.33. The van der Waals surface area contributed by atoms with Gasteiger partial charge in [-0.05, 0) is 31.7 Å². The number of piperazine rings is 1. The molecule has 0 bridgehead atoms. The van der Waals surface area contributed by atoms with Crippen LogP contribution < -0.4 is 14.8 Å². The van der Waals surface area contributed by atoms with Gasteiger partial charge < -0.3 is 19.7 Å². The molecule has 1 unspecified atom stereocenters. The fraction of sp³-hybridized carbons (Fsp3) is 0.400. The number of nitrogens with zero attached hydrogens (tertiary/aromatic N) is 2. The second-order valence-corrected chi connectivity index (χ2v) is 8.11. The monoisotopic (exact) mass is 421 g/mol. The van der Waals surface area contributed by atoms with Gasteiger partial charge in [-0.2, -0.15) is 0 Å². The van der Waals surface area contributed by atoms with E-state index in [2.05, 4.69) is 34.3 Å². The van der Waals surface area contributed by atoms with E-state index in [0.29, 0.717) is 23.7 Å². The van der Waals surface area contributed by atoms with Crippen LogP contribution in [0.2, 0.25) is 0 Å². The van der Waals surface area contributed by atoms with Crippen LogP contribution in [0, 0.1) is 0 Å². The molecular weight excluding hydrogens is 390 g/mol. The van der Waals surface area contributed by atoms with Crippen LogP contribution in [0.15, 0.2) is 54.1 Å². The standard InChI is InChI=1S/C25H31N3O3/c1-3-30-23-11-7-10-20-16-21(18-31-24(20)23)25(29)26-22(19-8-5-4-6-9-19)17-28-14-12-27(2)13-15-28/h4-11,16,22H,3,12-15,17-18H2,1-2H3,(H,26,29). The predicted octanol–water partition coefficient (Wildman–Crippen LogP) is 2.97. The Morgan fingerprint density at radius 2 is 1.87 bits per heavy atom. The van der Waals surface area contributed by atoms with Crippen molar-refractivity contribution in [1.29, 1.82) is 0 Å². The van der Waals surface area contributed by atoms with Crippen molar-refractivity contribution in [2.75, 3.05) is 53.0 Å². The molecule has 2 aliphatic heterocycles. The molecule has 1 saturated heterocycles. The molecule has 1 atom stereocenters. The highest BCUT2D eigenvalue weighted by molar-refractivity contribution is 5.99. The van der Waals surface area contributed by atoms with Gasteiger partial charge in [0.2, 0.25) is 0 Å². The molecule has 0 spiro atoms. The van der Waals surface area contributed by atoms with Gasteiger partial charge in [0.25, 0.3) is 5.91 Å². The molecule has 0 aliphatic carbocycles. The van der Waals surface area contributed by atoms with E-state index in [1.54, 1.807) is 0 Å². The SMILES string of the molecule is CCOc1cccc2c1OCC(C(=O)NC(CN1CCN(C)CC1)c1ccccc1)=C2. The van der Waals surface area contributed by atoms with E-state index >= 15 is 0 Å². The Bertz CT molecular complexity index is 921. The summed E-state index contributed by atoms with van der Waals surface area (Å²) < 4.78 is 11.6. The summed E-state index contributed by atoms with van der Waals surface area (Å²) in [5, 5.41) is 3.26. The lowest BCUT2D eigenvalue weighted by Crippen LogP contribution is -2.48. The zero-order chi connectivity index (χ0) is 21.6. The molecule has 4 rings (SSSR count). The van der Waals surface area contributed by atoms with E-state index in [4.69, 9.17) is 9.47 Å². The van der Waals surface area contributed by atoms with Gasteiger partial charge in [0.1, 0.15) is 6.61 Å². The van der Waals surface area contributed by atoms with Crippen molar-refractivity contribution >= 4 is 12.0 Å². The van der Waals surface area contributed by atoms with Crippen molar-refractivity contribution in [2.45, 2.75) is 13.0 Å². The Morgan fingerprint density at radius 3 is 2.61 bits per heavy atom. The molecule has 1 amide bonds. The summed E-state index contributed by atoms with van der Waals surface area (Å²) >= 11 is 0. The first kappa shape index (κ1) is 21.4. The van der Waals surface area contributed by atoms with Gasteiger partial charge in [-0.3, -0.25) is 9.69 Å². The summed E-state index contributed by atoms with van der Waals surface area (Å²) in [5.41, 5.74) is 2.62. The highest BCUT2D eigenvalue weighted by Crippen LogP contribution is 2.35. The third kappa shape index (κ3) is 5.27. The summed E-state index contributed by atoms with van der Waals surface area (Å²) in [6, 6.07) is 15.9. The van der Waals surface area contributed by atoms with Crippen LogP contribution in [-0.4, -0.2) is 68.7 Å². The molecule has 164 valence electrons. The largest absolute Gasteiger partial charge is 0.490 e. The van der Waals surface area contributed by atoms with Gasteiger partial charge in [0.05, 0.1) is 18.2 Å². The van der Waals surface area contributed by atoms with Crippen LogP contribution >= 0.6 is 0 Å². The Balaban J connectivity index is 1.50. The Morgan fingerprint density at radius 1 is 1.10 bits per heavy atom. The fourth-order valence-electron chi connectivity index (χ4n) is 4.04. The van der Waals surface area contributed by atoms with Crippen LogP contribution in [0.25, 0.3) is 6.08 Å². The van der Waals surface area contributed by atoms with Gasteiger partial charge in [-0.15, -0.1) is 0 Å². The average Bonchev–Trinajstić information content (AvgIpc) is 2.80. The first-order chi connectivity index (χ1) is 15.1. The quantitative estimate of drug-likeness (QED) is 0.745. The molecule has 2 aromatic carbocycles. The number of para-hydroxylation sites is 1. The highest BCUT2D eigenvalue weighted by atomic mass is 16.5. The zero-order valence-corrected chi connectivity index (χ0v) is 18.3. The summed E-state index contributed by atoms with van der Waals surface area (Å²) in [6.45, 7) is 7.66. The number of benzene rings is 2. The maximum Gasteiger partial charge on any atom is 0.251 e. The van der Waals surface area contributed by atoms with E-state index in [1.807, 2.05) is 49.4 Å². The smallest absolute Gasteiger partial charge is 0.251 e. The van der Waals surface area contributed by atoms with Gasteiger partial charge in [0.15, 0.2) is 11.5 Å². The maximum absolute atomic E-state index is 13.2. The first-order valence-electron chi connectivity index (χ1n) is 11.0. The van der Waals surface area contributed by atoms with Crippen molar-refractivity contribution in [3.63, 3.8) is 0 Å². The number of nitrogens with one attached hydrogen (secondary N) is 1. The number of rotatable bonds is 7. The third-order valence-corrected chi connectivity index (χ3v) is 5.85. The normalized spacial score (nSPS) is 17.8. The van der Waals surface area contributed by atoms with Crippen LogP contribution in [-0.2, 0) is 4.79 Å². The molecule has 6 heteroatoms. The lowest BCUT2D eigenvalue weighted by molar-refractivity contribution is -0.118. The molecule has 2 heterocycles. The number of ether oxygens (including phenoxy) is 2. The van der Waals surface area contributed by atoms with Crippen LogP contribution in [0.5, 0.6) is 11.5 Å². The minimum atomic E-state index is -0.0876. The summed E-state index contributed by atoms with van der Waals surface area (Å²) in [6.07, 6.45) is 1.91. The van der Waals surface area contributed by atoms with Crippen molar-refractivity contribution in [1.82, 2.24) is 15.1 Å². The van der Waals surface area contributed by atoms with Crippen LogP contribution in [0.1, 0.15) is 24.1 Å². The second kappa shape index (κ2) is 9.98. The molecular formula is C25H31N3O3. The Labute approximate surface area is 184 Å². The molecule has 0 aromatic heterocycles. The minimum absolute atomic E-state index is 0.0748. The molecule has 6 nitrogen and oxygen atoms in total. The number of hydrogen-bond donors (Lipinski definition) is 1. The lowest BCUT2D eigenvalue weighted by atomic mass is 10.0. The molecule has 0 radical (unpaired) electrons. The first-order valence-corrected chi connectivity index (χ1v) is 11.0. The summed E-state index contributed by atoms with van der Waals surface area (Å²) in [4.78, 5) is 17.9. The highest BCUT2D eigenvalue weighted by Gasteiger charge is 2.25. The minimum Gasteiger partial charge on any atom is -0.490 e. The number of fused-ring (bicyclic) bond motifs is 1. The molecule has 2 aromatic rings. The number of likely N-dealkylation sites (N-methyl/N-ethyl adjacent to an activating group) is 1. The molecule has 1 N–H and O–H groups in total. The van der Waals surface area contributed by atoms with E-state index in [-0.39, 0.29) is 18.6 Å². The van der Waals surface area contributed by atoms with Crippen molar-refractivity contribution in [2.24, 2.45) is 0 Å². The maximum atomic E-state index is 13.2. The van der Waals surface area contributed by atoms with Crippen molar-refractivity contribution < 1.29 is 14.3 Å². The number of carbonyl (C=O) groups excluding carboxylic acids is 1.